The highest BCUT2D eigenvalue weighted by Gasteiger charge is 2.00. The number of allylic oxidation sites excluding steroid dienone is 1. The zero-order chi connectivity index (χ0) is 9.40. The van der Waals surface area contributed by atoms with Gasteiger partial charge in [0.15, 0.2) is 0 Å². The number of halogens is 1. The van der Waals surface area contributed by atoms with Gasteiger partial charge in [-0.25, -0.2) is 0 Å². The van der Waals surface area contributed by atoms with Gasteiger partial charge in [0, 0.05) is 20.2 Å². The summed E-state index contributed by atoms with van der Waals surface area (Å²) in [7, 11) is 1.66. The number of methoxy groups -OCH3 is 1. The summed E-state index contributed by atoms with van der Waals surface area (Å²) in [4.78, 5) is 0. The summed E-state index contributed by atoms with van der Waals surface area (Å²) in [5.41, 5.74) is 1.32. The van der Waals surface area contributed by atoms with Crippen LogP contribution >= 0.6 is 11.6 Å². The Balaban J connectivity index is 3.25. The normalized spacial score (nSPS) is 12.7. The van der Waals surface area contributed by atoms with Crippen LogP contribution in [0.2, 0.25) is 0 Å². The van der Waals surface area contributed by atoms with Gasteiger partial charge in [-0.2, -0.15) is 0 Å². The van der Waals surface area contributed by atoms with Crippen molar-refractivity contribution in [1.82, 2.24) is 5.32 Å². The number of hydrogen-bond donors (Lipinski definition) is 1. The molecule has 1 N–H and O–H groups in total. The van der Waals surface area contributed by atoms with Gasteiger partial charge in [0.25, 0.3) is 0 Å². The second-order valence-electron chi connectivity index (χ2n) is 2.99. The van der Waals surface area contributed by atoms with Crippen LogP contribution in [-0.4, -0.2) is 32.2 Å². The third kappa shape index (κ3) is 8.05. The fourth-order valence-corrected chi connectivity index (χ4v) is 0.991. The maximum atomic E-state index is 5.89. The lowest BCUT2D eigenvalue weighted by atomic mass is 10.3. The molecule has 0 fully saturated rings. The van der Waals surface area contributed by atoms with Gasteiger partial charge in [-0.05, 0) is 13.8 Å². The Labute approximate surface area is 79.9 Å². The lowest BCUT2D eigenvalue weighted by Crippen LogP contribution is -2.26. The van der Waals surface area contributed by atoms with Crippen molar-refractivity contribution in [1.29, 1.82) is 0 Å². The predicted molar refractivity (Wildman–Crippen MR) is 53.8 cm³/mol. The molecule has 72 valence electrons. The van der Waals surface area contributed by atoms with Gasteiger partial charge in [0.2, 0.25) is 0 Å². The van der Waals surface area contributed by atoms with Crippen molar-refractivity contribution < 1.29 is 4.74 Å². The van der Waals surface area contributed by atoms with Gasteiger partial charge in [-0.3, -0.25) is 0 Å². The Kier molecular flexibility index (Phi) is 7.56. The zero-order valence-electron chi connectivity index (χ0n) is 8.06. The monoisotopic (exact) mass is 191 g/mol. The van der Waals surface area contributed by atoms with Gasteiger partial charge in [0.05, 0.1) is 12.0 Å². The fraction of sp³-hybridized carbons (Fsp3) is 0.778. The summed E-state index contributed by atoms with van der Waals surface area (Å²) in [6, 6.07) is 0. The van der Waals surface area contributed by atoms with E-state index in [0.717, 1.165) is 13.1 Å². The van der Waals surface area contributed by atoms with Crippen molar-refractivity contribution in [3.05, 3.63) is 11.6 Å². The second kappa shape index (κ2) is 7.59. The molecule has 0 bridgehead atoms. The van der Waals surface area contributed by atoms with Crippen molar-refractivity contribution in [2.24, 2.45) is 0 Å². The largest absolute Gasteiger partial charge is 0.383 e. The first-order valence-electron chi connectivity index (χ1n) is 4.14. The quantitative estimate of drug-likeness (QED) is 0.393. The maximum absolute atomic E-state index is 5.89. The number of ether oxygens (including phenoxy) is 1. The van der Waals surface area contributed by atoms with E-state index in [1.807, 2.05) is 0 Å². The van der Waals surface area contributed by atoms with E-state index in [0.29, 0.717) is 6.61 Å². The minimum Gasteiger partial charge on any atom is -0.383 e. The van der Waals surface area contributed by atoms with Gasteiger partial charge >= 0.3 is 0 Å². The predicted octanol–water partition coefficient (Wildman–Crippen LogP) is 1.80. The zero-order valence-corrected chi connectivity index (χ0v) is 8.82. The van der Waals surface area contributed by atoms with Crippen molar-refractivity contribution in [3.63, 3.8) is 0 Å². The highest BCUT2D eigenvalue weighted by Crippen LogP contribution is 1.93. The SMILES string of the molecule is COCC(Cl)CNCC=C(C)C. The van der Waals surface area contributed by atoms with E-state index in [2.05, 4.69) is 25.2 Å². The minimum absolute atomic E-state index is 0.0700. The first-order valence-corrected chi connectivity index (χ1v) is 4.57. The average molecular weight is 192 g/mol. The standard InChI is InChI=1S/C9H18ClNO/c1-8(2)4-5-11-6-9(10)7-12-3/h4,9,11H,5-7H2,1-3H3. The molecular formula is C9H18ClNO. The summed E-state index contributed by atoms with van der Waals surface area (Å²) in [5.74, 6) is 0. The van der Waals surface area contributed by atoms with Gasteiger partial charge in [-0.1, -0.05) is 11.6 Å². The molecule has 1 atom stereocenters. The molecule has 12 heavy (non-hydrogen) atoms. The Morgan fingerprint density at radius 3 is 2.75 bits per heavy atom. The number of alkyl halides is 1. The van der Waals surface area contributed by atoms with Gasteiger partial charge in [0.1, 0.15) is 0 Å². The molecule has 0 saturated carbocycles. The Bertz CT molecular complexity index is 132. The molecule has 0 aliphatic rings. The Morgan fingerprint density at radius 2 is 2.25 bits per heavy atom. The smallest absolute Gasteiger partial charge is 0.0694 e. The summed E-state index contributed by atoms with van der Waals surface area (Å²) < 4.78 is 4.89. The molecule has 0 aliphatic carbocycles. The van der Waals surface area contributed by atoms with Crippen LogP contribution in [0.5, 0.6) is 0 Å². The fourth-order valence-electron chi connectivity index (χ4n) is 0.756. The van der Waals surface area contributed by atoms with E-state index in [4.69, 9.17) is 16.3 Å². The van der Waals surface area contributed by atoms with Crippen molar-refractivity contribution in [3.8, 4) is 0 Å². The van der Waals surface area contributed by atoms with E-state index in [1.54, 1.807) is 7.11 Å². The molecule has 0 aromatic rings. The molecule has 3 heteroatoms. The first-order chi connectivity index (χ1) is 5.66. The molecule has 1 unspecified atom stereocenters. The topological polar surface area (TPSA) is 21.3 Å². The highest BCUT2D eigenvalue weighted by atomic mass is 35.5. The molecule has 0 radical (unpaired) electrons. The molecule has 0 saturated heterocycles. The van der Waals surface area contributed by atoms with Crippen LogP contribution in [0.15, 0.2) is 11.6 Å². The van der Waals surface area contributed by atoms with Gasteiger partial charge < -0.3 is 10.1 Å². The van der Waals surface area contributed by atoms with Gasteiger partial charge in [-0.15, -0.1) is 11.6 Å². The van der Waals surface area contributed by atoms with E-state index in [-0.39, 0.29) is 5.38 Å². The number of rotatable bonds is 6. The second-order valence-corrected chi connectivity index (χ2v) is 3.61. The van der Waals surface area contributed by atoms with E-state index >= 15 is 0 Å². The molecular weight excluding hydrogens is 174 g/mol. The highest BCUT2D eigenvalue weighted by molar-refractivity contribution is 6.20. The minimum atomic E-state index is 0.0700. The lowest BCUT2D eigenvalue weighted by Gasteiger charge is -2.07. The van der Waals surface area contributed by atoms with Crippen molar-refractivity contribution >= 4 is 11.6 Å². The van der Waals surface area contributed by atoms with E-state index in [9.17, 15) is 0 Å². The summed E-state index contributed by atoms with van der Waals surface area (Å²) in [5, 5.41) is 3.28. The van der Waals surface area contributed by atoms with E-state index < -0.39 is 0 Å². The van der Waals surface area contributed by atoms with Crippen LogP contribution in [-0.2, 0) is 4.74 Å². The lowest BCUT2D eigenvalue weighted by molar-refractivity contribution is 0.197. The van der Waals surface area contributed by atoms with Crippen LogP contribution in [0.3, 0.4) is 0 Å². The number of nitrogens with one attached hydrogen (secondary N) is 1. The van der Waals surface area contributed by atoms with Crippen molar-refractivity contribution in [2.75, 3.05) is 26.8 Å². The number of hydrogen-bond acceptors (Lipinski definition) is 2. The van der Waals surface area contributed by atoms with Crippen LogP contribution in [0.4, 0.5) is 0 Å². The first kappa shape index (κ1) is 11.9. The molecule has 0 heterocycles. The third-order valence-electron chi connectivity index (χ3n) is 1.37. The summed E-state index contributed by atoms with van der Waals surface area (Å²) >= 11 is 5.89. The Hall–Kier alpha value is -0.0500. The van der Waals surface area contributed by atoms with Crippen LogP contribution in [0.1, 0.15) is 13.8 Å². The molecule has 0 aromatic heterocycles. The van der Waals surface area contributed by atoms with Crippen LogP contribution < -0.4 is 5.32 Å². The van der Waals surface area contributed by atoms with E-state index in [1.165, 1.54) is 5.57 Å². The van der Waals surface area contributed by atoms with Crippen LogP contribution in [0, 0.1) is 0 Å². The molecule has 0 rings (SSSR count). The summed E-state index contributed by atoms with van der Waals surface area (Å²) in [6.07, 6.45) is 2.14. The summed E-state index contributed by atoms with van der Waals surface area (Å²) in [6.45, 7) is 6.43. The Morgan fingerprint density at radius 1 is 1.58 bits per heavy atom. The molecule has 0 aliphatic heterocycles. The molecule has 2 nitrogen and oxygen atoms in total. The molecule has 0 aromatic carbocycles. The average Bonchev–Trinajstić information content (AvgIpc) is 1.98. The maximum Gasteiger partial charge on any atom is 0.0694 e. The third-order valence-corrected chi connectivity index (χ3v) is 1.65. The van der Waals surface area contributed by atoms with Crippen molar-refractivity contribution in [2.45, 2.75) is 19.2 Å². The van der Waals surface area contributed by atoms with Crippen LogP contribution in [0.25, 0.3) is 0 Å². The molecule has 0 spiro atoms. The molecule has 0 amide bonds.